The lowest BCUT2D eigenvalue weighted by molar-refractivity contribution is -0.122. The minimum atomic E-state index is -0.611. The first-order valence-electron chi connectivity index (χ1n) is 18.7. The highest BCUT2D eigenvalue weighted by Crippen LogP contribution is 2.21. The average molecular weight is 791 g/mol. The maximum Gasteiger partial charge on any atom is 0.415 e. The van der Waals surface area contributed by atoms with E-state index in [0.717, 1.165) is 12.8 Å². The Morgan fingerprint density at radius 3 is 0.839 bits per heavy atom. The summed E-state index contributed by atoms with van der Waals surface area (Å²) < 4.78 is 20.7. The van der Waals surface area contributed by atoms with E-state index in [1.807, 2.05) is 67.5 Å². The third-order valence-corrected chi connectivity index (χ3v) is 7.43. The van der Waals surface area contributed by atoms with Crippen LogP contribution in [0.4, 0.5) is 19.2 Å². The van der Waals surface area contributed by atoms with Gasteiger partial charge in [0.15, 0.2) is 0 Å². The van der Waals surface area contributed by atoms with Crippen LogP contribution in [-0.2, 0) is 28.5 Å². The van der Waals surface area contributed by atoms with Crippen molar-refractivity contribution < 1.29 is 47.7 Å². The number of hydrogen-bond donors (Lipinski definition) is 2. The quantitative estimate of drug-likeness (QED) is 0.273. The van der Waals surface area contributed by atoms with E-state index in [4.69, 9.17) is 30.4 Å². The van der Waals surface area contributed by atoms with Crippen LogP contribution < -0.4 is 11.5 Å². The zero-order chi connectivity index (χ0) is 43.4. The highest BCUT2D eigenvalue weighted by Gasteiger charge is 2.34. The summed E-state index contributed by atoms with van der Waals surface area (Å²) in [5.74, 6) is -1.04. The lowest BCUT2D eigenvalue weighted by atomic mass is 10.2. The average Bonchev–Trinajstić information content (AvgIpc) is 3.82. The van der Waals surface area contributed by atoms with Crippen molar-refractivity contribution in [2.75, 3.05) is 0 Å². The van der Waals surface area contributed by atoms with Crippen LogP contribution in [0.5, 0.6) is 0 Å². The fourth-order valence-electron chi connectivity index (χ4n) is 4.93. The number of nitrogens with zero attached hydrogens (tertiary/aromatic N) is 4. The number of nitrogens with two attached hydrogens (primary N) is 2. The molecule has 0 aromatic carbocycles. The van der Waals surface area contributed by atoms with E-state index in [-0.39, 0.29) is 24.3 Å². The van der Waals surface area contributed by atoms with Crippen LogP contribution in [0, 0.1) is 0 Å². The molecule has 0 fully saturated rings. The van der Waals surface area contributed by atoms with Crippen molar-refractivity contribution in [2.24, 2.45) is 11.5 Å². The zero-order valence-electron chi connectivity index (χ0n) is 35.8. The SMILES string of the molecule is CC(C)(C)OC(=O)N1C=CC[C@H]1C(N)=O.CC(C)(C)OC(=O)N1C=CC[C@H]1C(N)=O.C[C@@H]1CC=CN1C(=O)OC(C)(C)C.C[C@@H]1CC=CN1C(=O)OC(C)(C)C. The summed E-state index contributed by atoms with van der Waals surface area (Å²) >= 11 is 0. The summed E-state index contributed by atoms with van der Waals surface area (Å²) in [6, 6.07) is -0.760. The van der Waals surface area contributed by atoms with Gasteiger partial charge in [-0.2, -0.15) is 0 Å². The van der Waals surface area contributed by atoms with Crippen molar-refractivity contribution in [3.63, 3.8) is 0 Å². The molecule has 0 saturated carbocycles. The second-order valence-corrected chi connectivity index (χ2v) is 17.6. The predicted octanol–water partition coefficient (Wildman–Crippen LogP) is 7.05. The molecule has 4 rings (SSSR count). The summed E-state index contributed by atoms with van der Waals surface area (Å²) in [7, 11) is 0. The van der Waals surface area contributed by atoms with Crippen LogP contribution in [0.3, 0.4) is 0 Å². The Balaban J connectivity index is 0.000000374. The van der Waals surface area contributed by atoms with E-state index in [2.05, 4.69) is 0 Å². The van der Waals surface area contributed by atoms with E-state index in [1.54, 1.807) is 75.9 Å². The van der Waals surface area contributed by atoms with Crippen LogP contribution in [0.1, 0.15) is 123 Å². The van der Waals surface area contributed by atoms with Crippen LogP contribution in [0.15, 0.2) is 49.1 Å². The van der Waals surface area contributed by atoms with Gasteiger partial charge in [0.2, 0.25) is 11.8 Å². The number of primary amides is 2. The number of carbonyl (C=O) groups is 6. The van der Waals surface area contributed by atoms with Gasteiger partial charge in [-0.3, -0.25) is 29.2 Å². The highest BCUT2D eigenvalue weighted by molar-refractivity contribution is 5.86. The Hall–Kier alpha value is -5.02. The maximum atomic E-state index is 11.6. The normalized spacial score (nSPS) is 21.2. The Labute approximate surface area is 332 Å². The Bertz CT molecular complexity index is 1400. The predicted molar refractivity (Wildman–Crippen MR) is 212 cm³/mol. The molecule has 4 heterocycles. The maximum absolute atomic E-state index is 11.6. The van der Waals surface area contributed by atoms with E-state index in [9.17, 15) is 28.8 Å². The number of amides is 6. The van der Waals surface area contributed by atoms with Crippen molar-refractivity contribution in [1.29, 1.82) is 0 Å². The molecule has 0 unspecified atom stereocenters. The molecule has 4 N–H and O–H groups in total. The van der Waals surface area contributed by atoms with Gasteiger partial charge >= 0.3 is 24.4 Å². The number of carbonyl (C=O) groups excluding carboxylic acids is 6. The monoisotopic (exact) mass is 790 g/mol. The lowest BCUT2D eigenvalue weighted by Gasteiger charge is -2.26. The topological polar surface area (TPSA) is 204 Å². The molecule has 4 aliphatic heterocycles. The molecule has 0 spiro atoms. The van der Waals surface area contributed by atoms with Gasteiger partial charge in [0.05, 0.1) is 0 Å². The molecule has 0 aliphatic carbocycles. The lowest BCUT2D eigenvalue weighted by Crippen LogP contribution is -2.44. The van der Waals surface area contributed by atoms with Crippen molar-refractivity contribution in [3.05, 3.63) is 49.1 Å². The van der Waals surface area contributed by atoms with Crippen LogP contribution >= 0.6 is 0 Å². The van der Waals surface area contributed by atoms with E-state index in [1.165, 1.54) is 22.2 Å². The first kappa shape index (κ1) is 49.0. The highest BCUT2D eigenvalue weighted by atomic mass is 16.6. The molecule has 4 atom stereocenters. The fourth-order valence-corrected chi connectivity index (χ4v) is 4.93. The largest absolute Gasteiger partial charge is 0.443 e. The minimum Gasteiger partial charge on any atom is -0.443 e. The summed E-state index contributed by atoms with van der Waals surface area (Å²) in [5.41, 5.74) is 8.36. The number of ether oxygens (including phenoxy) is 4. The first-order valence-corrected chi connectivity index (χ1v) is 18.7. The van der Waals surface area contributed by atoms with Gasteiger partial charge in [-0.05, 0) is 123 Å². The second-order valence-electron chi connectivity index (χ2n) is 17.6. The van der Waals surface area contributed by atoms with Gasteiger partial charge < -0.3 is 30.4 Å². The Kier molecular flexibility index (Phi) is 17.7. The van der Waals surface area contributed by atoms with E-state index < -0.39 is 58.5 Å². The van der Waals surface area contributed by atoms with Gasteiger partial charge in [0, 0.05) is 36.9 Å². The molecule has 4 aliphatic rings. The molecule has 16 heteroatoms. The number of hydrogen-bond acceptors (Lipinski definition) is 10. The number of rotatable bonds is 2. The van der Waals surface area contributed by atoms with Crippen molar-refractivity contribution >= 4 is 36.2 Å². The van der Waals surface area contributed by atoms with E-state index >= 15 is 0 Å². The molecule has 0 aromatic rings. The molecule has 0 aromatic heterocycles. The van der Waals surface area contributed by atoms with Gasteiger partial charge in [-0.25, -0.2) is 19.2 Å². The zero-order valence-corrected chi connectivity index (χ0v) is 35.8. The smallest absolute Gasteiger partial charge is 0.415 e. The van der Waals surface area contributed by atoms with Crippen LogP contribution in [0.25, 0.3) is 0 Å². The molecule has 0 bridgehead atoms. The van der Waals surface area contributed by atoms with Gasteiger partial charge in [-0.1, -0.05) is 24.3 Å². The first-order chi connectivity index (χ1) is 25.4. The van der Waals surface area contributed by atoms with Crippen molar-refractivity contribution in [2.45, 2.75) is 169 Å². The Morgan fingerprint density at radius 2 is 0.643 bits per heavy atom. The minimum absolute atomic E-state index is 0.231. The summed E-state index contributed by atoms with van der Waals surface area (Å²) in [6.45, 7) is 25.8. The molecular weight excluding hydrogens is 724 g/mol. The van der Waals surface area contributed by atoms with Crippen molar-refractivity contribution in [3.8, 4) is 0 Å². The molecular formula is C40H66N6O10. The summed E-state index contributed by atoms with van der Waals surface area (Å²) in [5, 5.41) is 0. The fraction of sp³-hybridized carbons (Fsp3) is 0.650. The van der Waals surface area contributed by atoms with Gasteiger partial charge in [0.1, 0.15) is 34.5 Å². The molecule has 6 amide bonds. The third-order valence-electron chi connectivity index (χ3n) is 7.43. The standard InChI is InChI=1S/2C10H16N2O3.2C10H17NO2/c2*1-10(2,3)15-9(14)12-6-4-5-7(12)8(11)13;2*1-8-6-5-7-11(8)9(12)13-10(2,3)4/h2*4,6-7H,5H2,1-3H3,(H2,11,13);2*5,7-8H,6H2,1-4H3/t2*7-;2*8-/m0011/s1. The third kappa shape index (κ3) is 18.1. The summed E-state index contributed by atoms with van der Waals surface area (Å²) in [6.07, 6.45) is 15.2. The summed E-state index contributed by atoms with van der Waals surface area (Å²) in [4.78, 5) is 74.0. The molecule has 56 heavy (non-hydrogen) atoms. The molecule has 16 nitrogen and oxygen atoms in total. The second kappa shape index (κ2) is 20.2. The van der Waals surface area contributed by atoms with Gasteiger partial charge in [-0.15, -0.1) is 0 Å². The van der Waals surface area contributed by atoms with Crippen LogP contribution in [0.2, 0.25) is 0 Å². The molecule has 316 valence electrons. The van der Waals surface area contributed by atoms with E-state index in [0.29, 0.717) is 12.8 Å². The van der Waals surface area contributed by atoms with Crippen LogP contribution in [-0.4, -0.2) is 102 Å². The Morgan fingerprint density at radius 1 is 0.429 bits per heavy atom. The molecule has 0 saturated heterocycles. The van der Waals surface area contributed by atoms with Crippen molar-refractivity contribution in [1.82, 2.24) is 19.6 Å². The van der Waals surface area contributed by atoms with Gasteiger partial charge in [0.25, 0.3) is 0 Å². The molecule has 0 radical (unpaired) electrons.